The fourth-order valence-corrected chi connectivity index (χ4v) is 7.50. The molecule has 0 saturated heterocycles. The number of aliphatic hydroxyl groups is 1. The molecule has 8 atom stereocenters. The molecule has 146 valence electrons. The molecule has 3 fully saturated rings. The Morgan fingerprint density at radius 1 is 1.33 bits per heavy atom. The Hall–Kier alpha value is -1.54. The molecule has 5 heteroatoms. The summed E-state index contributed by atoms with van der Waals surface area (Å²) >= 11 is 0. The topological polar surface area (TPSA) is 78.2 Å². The lowest BCUT2D eigenvalue weighted by atomic mass is 9.44. The molecule has 1 unspecified atom stereocenters. The zero-order valence-electron chi connectivity index (χ0n) is 16.3. The van der Waals surface area contributed by atoms with Gasteiger partial charge in [-0.15, -0.1) is 0 Å². The highest BCUT2D eigenvalue weighted by Gasteiger charge is 2.72. The molecule has 1 N–H and O–H groups in total. The Bertz CT molecular complexity index is 785. The summed E-state index contributed by atoms with van der Waals surface area (Å²) in [5.41, 5.74) is -2.37. The summed E-state index contributed by atoms with van der Waals surface area (Å²) in [4.78, 5) is 24.3. The Morgan fingerprint density at radius 2 is 2.04 bits per heavy atom. The molecule has 0 amide bonds. The summed E-state index contributed by atoms with van der Waals surface area (Å²) in [7, 11) is 0. The average molecular weight is 373 g/mol. The molecule has 3 saturated carbocycles. The molecule has 0 heterocycles. The molecule has 27 heavy (non-hydrogen) atoms. The van der Waals surface area contributed by atoms with Crippen molar-refractivity contribution >= 4 is 11.6 Å². The second-order valence-electron chi connectivity index (χ2n) is 9.77. The molecule has 4 nitrogen and oxygen atoms in total. The number of aliphatic hydroxyl groups excluding tert-OH is 1. The third-order valence-electron chi connectivity index (χ3n) is 8.70. The van der Waals surface area contributed by atoms with Crippen LogP contribution < -0.4 is 0 Å². The van der Waals surface area contributed by atoms with Crippen LogP contribution in [0.1, 0.15) is 59.3 Å². The van der Waals surface area contributed by atoms with Gasteiger partial charge in [-0.05, 0) is 56.4 Å². The van der Waals surface area contributed by atoms with E-state index >= 15 is 4.39 Å². The van der Waals surface area contributed by atoms with Crippen molar-refractivity contribution < 1.29 is 19.1 Å². The minimum Gasteiger partial charge on any atom is -0.390 e. The summed E-state index contributed by atoms with van der Waals surface area (Å²) in [6.45, 7) is 5.35. The fraction of sp³-hybridized carbons (Fsp3) is 0.773. The van der Waals surface area contributed by atoms with Gasteiger partial charge < -0.3 is 5.11 Å². The molecule has 0 aliphatic heterocycles. The van der Waals surface area contributed by atoms with E-state index in [1.807, 2.05) is 13.8 Å². The van der Waals surface area contributed by atoms with E-state index < -0.39 is 34.4 Å². The summed E-state index contributed by atoms with van der Waals surface area (Å²) in [5, 5.41) is 20.8. The number of hydrogen-bond acceptors (Lipinski definition) is 4. The first-order valence-corrected chi connectivity index (χ1v) is 10.1. The number of Topliss-reactive ketones (excluding diaryl/α,β-unsaturated/α-hetero) is 1. The monoisotopic (exact) mass is 373 g/mol. The lowest BCUT2D eigenvalue weighted by Crippen LogP contribution is -2.67. The normalized spacial score (nSPS) is 51.5. The van der Waals surface area contributed by atoms with Crippen molar-refractivity contribution in [1.29, 1.82) is 5.26 Å². The maximum atomic E-state index is 16.9. The third-order valence-corrected chi connectivity index (χ3v) is 8.70. The van der Waals surface area contributed by atoms with Crippen LogP contribution in [-0.4, -0.2) is 28.4 Å². The molecule has 0 spiro atoms. The van der Waals surface area contributed by atoms with E-state index in [0.717, 1.165) is 5.57 Å². The van der Waals surface area contributed by atoms with Crippen LogP contribution in [0.4, 0.5) is 4.39 Å². The minimum atomic E-state index is -1.81. The predicted molar refractivity (Wildman–Crippen MR) is 97.1 cm³/mol. The second kappa shape index (κ2) is 5.73. The van der Waals surface area contributed by atoms with E-state index in [2.05, 4.69) is 6.07 Å². The SMILES string of the molecule is CC(=O)[C@H]1[C@H](C#N)C[C@H]2[C@@H]3CCC4=CC(=O)CC[C@]4(C)C3(F)[C@@H](O)C[C@@]21C. The van der Waals surface area contributed by atoms with Crippen LogP contribution in [0.25, 0.3) is 0 Å². The standard InChI is InChI=1S/C22H28FNO3/c1-12(25)19-13(11-24)8-17-16-5-4-14-9-15(26)6-7-21(14,3)22(16,23)18(27)10-20(17,19)2/h9,13,16-19,27H,4-8,10H2,1-3H3/t13-,16-,17-,18-,19-,20-,21-,22?/m0/s1. The van der Waals surface area contributed by atoms with Gasteiger partial charge in [0.15, 0.2) is 5.78 Å². The number of nitrogens with zero attached hydrogens (tertiary/aromatic N) is 1. The number of fused-ring (bicyclic) bond motifs is 5. The quantitative estimate of drug-likeness (QED) is 0.763. The number of ketones is 2. The molecule has 0 aromatic heterocycles. The van der Waals surface area contributed by atoms with E-state index in [9.17, 15) is 20.0 Å². The van der Waals surface area contributed by atoms with Crippen LogP contribution in [0.2, 0.25) is 0 Å². The smallest absolute Gasteiger partial charge is 0.155 e. The maximum Gasteiger partial charge on any atom is 0.155 e. The minimum absolute atomic E-state index is 0.0315. The summed E-state index contributed by atoms with van der Waals surface area (Å²) in [6.07, 6.45) is 3.08. The van der Waals surface area contributed by atoms with E-state index in [-0.39, 0.29) is 29.8 Å². The Kier molecular flexibility index (Phi) is 3.99. The summed E-state index contributed by atoms with van der Waals surface area (Å²) in [5.74, 6) is -1.32. The molecule has 4 aliphatic rings. The number of alkyl halides is 1. The third kappa shape index (κ3) is 2.17. The first-order chi connectivity index (χ1) is 12.6. The van der Waals surface area contributed by atoms with Crippen LogP contribution in [0.3, 0.4) is 0 Å². The number of nitriles is 1. The zero-order chi connectivity index (χ0) is 19.8. The molecule has 0 aromatic carbocycles. The Labute approximate surface area is 159 Å². The van der Waals surface area contributed by atoms with Crippen molar-refractivity contribution in [1.82, 2.24) is 0 Å². The molecule has 0 bridgehead atoms. The van der Waals surface area contributed by atoms with Crippen molar-refractivity contribution in [3.8, 4) is 6.07 Å². The van der Waals surface area contributed by atoms with Crippen LogP contribution in [0.15, 0.2) is 11.6 Å². The predicted octanol–water partition coefficient (Wildman–Crippen LogP) is 3.54. The number of carbonyl (C=O) groups excluding carboxylic acids is 2. The van der Waals surface area contributed by atoms with Gasteiger partial charge in [0, 0.05) is 23.7 Å². The van der Waals surface area contributed by atoms with Crippen molar-refractivity contribution in [2.45, 2.75) is 71.1 Å². The molecule has 0 radical (unpaired) electrons. The number of hydrogen-bond donors (Lipinski definition) is 1. The van der Waals surface area contributed by atoms with Gasteiger partial charge in [-0.25, -0.2) is 4.39 Å². The van der Waals surface area contributed by atoms with Gasteiger partial charge in [-0.3, -0.25) is 9.59 Å². The molecular weight excluding hydrogens is 345 g/mol. The van der Waals surface area contributed by atoms with Crippen molar-refractivity contribution in [2.75, 3.05) is 0 Å². The molecule has 4 aliphatic carbocycles. The summed E-state index contributed by atoms with van der Waals surface area (Å²) < 4.78 is 16.9. The lowest BCUT2D eigenvalue weighted by Gasteiger charge is -2.62. The molecular formula is C22H28FNO3. The van der Waals surface area contributed by atoms with Crippen molar-refractivity contribution in [2.24, 2.45) is 34.5 Å². The highest BCUT2D eigenvalue weighted by molar-refractivity contribution is 5.91. The maximum absolute atomic E-state index is 16.9. The Morgan fingerprint density at radius 3 is 2.67 bits per heavy atom. The van der Waals surface area contributed by atoms with Crippen molar-refractivity contribution in [3.63, 3.8) is 0 Å². The number of allylic oxidation sites excluding steroid dienone is 1. The van der Waals surface area contributed by atoms with Crippen molar-refractivity contribution in [3.05, 3.63) is 11.6 Å². The molecule has 4 rings (SSSR count). The van der Waals surface area contributed by atoms with E-state index in [1.54, 1.807) is 6.08 Å². The van der Waals surface area contributed by atoms with Gasteiger partial charge in [0.2, 0.25) is 0 Å². The zero-order valence-corrected chi connectivity index (χ0v) is 16.3. The average Bonchev–Trinajstić information content (AvgIpc) is 2.89. The first-order valence-electron chi connectivity index (χ1n) is 10.1. The van der Waals surface area contributed by atoms with Gasteiger partial charge in [-0.1, -0.05) is 19.4 Å². The van der Waals surface area contributed by atoms with Gasteiger partial charge >= 0.3 is 0 Å². The van der Waals surface area contributed by atoms with E-state index in [0.29, 0.717) is 32.1 Å². The van der Waals surface area contributed by atoms with Gasteiger partial charge in [0.1, 0.15) is 11.5 Å². The highest BCUT2D eigenvalue weighted by Crippen LogP contribution is 2.70. The van der Waals surface area contributed by atoms with E-state index in [4.69, 9.17) is 0 Å². The van der Waals surface area contributed by atoms with E-state index in [1.165, 1.54) is 6.92 Å². The largest absolute Gasteiger partial charge is 0.390 e. The van der Waals surface area contributed by atoms with Gasteiger partial charge in [-0.2, -0.15) is 5.26 Å². The highest BCUT2D eigenvalue weighted by atomic mass is 19.1. The number of halogens is 1. The van der Waals surface area contributed by atoms with Gasteiger partial charge in [0.25, 0.3) is 0 Å². The fourth-order valence-electron chi connectivity index (χ4n) is 7.50. The van der Waals surface area contributed by atoms with Crippen LogP contribution in [-0.2, 0) is 9.59 Å². The van der Waals surface area contributed by atoms with Gasteiger partial charge in [0.05, 0.1) is 18.1 Å². The van der Waals surface area contributed by atoms with Crippen LogP contribution >= 0.6 is 0 Å². The second-order valence-corrected chi connectivity index (χ2v) is 9.77. The number of carbonyl (C=O) groups is 2. The number of rotatable bonds is 1. The first kappa shape index (κ1) is 18.8. The lowest BCUT2D eigenvalue weighted by molar-refractivity contribution is -0.208. The van der Waals surface area contributed by atoms with Crippen LogP contribution in [0, 0.1) is 45.8 Å². The summed E-state index contributed by atoms with van der Waals surface area (Å²) in [6, 6.07) is 2.29. The molecule has 0 aromatic rings. The van der Waals surface area contributed by atoms with Crippen LogP contribution in [0.5, 0.6) is 0 Å². The Balaban J connectivity index is 1.82.